The lowest BCUT2D eigenvalue weighted by atomic mass is 9.75. The van der Waals surface area contributed by atoms with Gasteiger partial charge < -0.3 is 4.90 Å². The lowest BCUT2D eigenvalue weighted by Crippen LogP contribution is -2.42. The predicted octanol–water partition coefficient (Wildman–Crippen LogP) is 3.57. The molecule has 16 heavy (non-hydrogen) atoms. The summed E-state index contributed by atoms with van der Waals surface area (Å²) >= 11 is 3.69. The Hall–Kier alpha value is -0.0700. The molecule has 0 heterocycles. The van der Waals surface area contributed by atoms with Crippen molar-refractivity contribution < 1.29 is 0 Å². The molecule has 1 rings (SSSR count). The fraction of sp³-hybridized carbons (Fsp3) is 0.923. The van der Waals surface area contributed by atoms with E-state index in [0.717, 1.165) is 11.9 Å². The van der Waals surface area contributed by atoms with Crippen molar-refractivity contribution in [3.63, 3.8) is 0 Å². The zero-order chi connectivity index (χ0) is 12.0. The topological polar surface area (TPSA) is 27.0 Å². The molecule has 2 nitrogen and oxygen atoms in total. The van der Waals surface area contributed by atoms with Crippen molar-refractivity contribution in [1.82, 2.24) is 4.90 Å². The smallest absolute Gasteiger partial charge is 0.0638 e. The second kappa shape index (κ2) is 6.61. The lowest BCUT2D eigenvalue weighted by Gasteiger charge is -2.40. The van der Waals surface area contributed by atoms with Crippen LogP contribution in [0.5, 0.6) is 0 Å². The molecule has 1 saturated carbocycles. The van der Waals surface area contributed by atoms with Gasteiger partial charge in [-0.15, -0.1) is 0 Å². The summed E-state index contributed by atoms with van der Waals surface area (Å²) in [5.74, 6) is 0. The van der Waals surface area contributed by atoms with Crippen LogP contribution in [-0.2, 0) is 0 Å². The molecular weight excluding hydrogens is 264 g/mol. The van der Waals surface area contributed by atoms with Gasteiger partial charge in [0.2, 0.25) is 0 Å². The van der Waals surface area contributed by atoms with Crippen LogP contribution < -0.4 is 0 Å². The lowest BCUT2D eigenvalue weighted by molar-refractivity contribution is 0.121. The third-order valence-electron chi connectivity index (χ3n) is 3.92. The van der Waals surface area contributed by atoms with Crippen molar-refractivity contribution >= 4 is 15.9 Å². The van der Waals surface area contributed by atoms with E-state index in [0.29, 0.717) is 17.9 Å². The maximum Gasteiger partial charge on any atom is 0.0638 e. The molecule has 3 heteroatoms. The Morgan fingerprint density at radius 1 is 1.38 bits per heavy atom. The molecule has 1 aliphatic rings. The van der Waals surface area contributed by atoms with Crippen LogP contribution in [0.25, 0.3) is 0 Å². The first-order valence-electron chi connectivity index (χ1n) is 6.27. The van der Waals surface area contributed by atoms with Gasteiger partial charge in [-0.3, -0.25) is 0 Å². The third-order valence-corrected chi connectivity index (χ3v) is 5.11. The molecule has 92 valence electrons. The first-order valence-corrected chi connectivity index (χ1v) is 7.39. The SMILES string of the molecule is CC(CC#N)N(C)CC1(CBr)CCCCC1. The number of rotatable bonds is 5. The molecule has 0 N–H and O–H groups in total. The van der Waals surface area contributed by atoms with Gasteiger partial charge in [-0.1, -0.05) is 35.2 Å². The van der Waals surface area contributed by atoms with E-state index < -0.39 is 0 Å². The molecule has 0 bridgehead atoms. The molecular formula is C13H23BrN2. The Labute approximate surface area is 108 Å². The molecule has 1 aliphatic carbocycles. The highest BCUT2D eigenvalue weighted by Crippen LogP contribution is 2.38. The summed E-state index contributed by atoms with van der Waals surface area (Å²) in [4.78, 5) is 2.36. The summed E-state index contributed by atoms with van der Waals surface area (Å²) in [5.41, 5.74) is 0.455. The minimum absolute atomic E-state index is 0.378. The van der Waals surface area contributed by atoms with Gasteiger partial charge >= 0.3 is 0 Å². The molecule has 0 aromatic carbocycles. The molecule has 0 aromatic rings. The summed E-state index contributed by atoms with van der Waals surface area (Å²) in [6, 6.07) is 2.64. The summed E-state index contributed by atoms with van der Waals surface area (Å²) in [6.07, 6.45) is 7.43. The van der Waals surface area contributed by atoms with Gasteiger partial charge in [0.1, 0.15) is 0 Å². The summed E-state index contributed by atoms with van der Waals surface area (Å²) in [5, 5.41) is 9.83. The Kier molecular flexibility index (Phi) is 5.78. The van der Waals surface area contributed by atoms with E-state index in [4.69, 9.17) is 5.26 Å². The van der Waals surface area contributed by atoms with E-state index in [1.807, 2.05) is 0 Å². The van der Waals surface area contributed by atoms with Crippen LogP contribution in [0.3, 0.4) is 0 Å². The van der Waals surface area contributed by atoms with Crippen molar-refractivity contribution in [3.8, 4) is 6.07 Å². The van der Waals surface area contributed by atoms with Crippen molar-refractivity contribution in [2.75, 3.05) is 18.9 Å². The highest BCUT2D eigenvalue weighted by Gasteiger charge is 2.32. The van der Waals surface area contributed by atoms with Crippen LogP contribution in [0.4, 0.5) is 0 Å². The van der Waals surface area contributed by atoms with Crippen LogP contribution in [0.1, 0.15) is 45.4 Å². The summed E-state index contributed by atoms with van der Waals surface area (Å²) in [7, 11) is 2.15. The number of nitriles is 1. The minimum Gasteiger partial charge on any atom is -0.302 e. The second-order valence-electron chi connectivity index (χ2n) is 5.32. The zero-order valence-electron chi connectivity index (χ0n) is 10.5. The Morgan fingerprint density at radius 2 is 2.00 bits per heavy atom. The normalized spacial score (nSPS) is 21.7. The predicted molar refractivity (Wildman–Crippen MR) is 71.6 cm³/mol. The number of nitrogens with zero attached hydrogens (tertiary/aromatic N) is 2. The van der Waals surface area contributed by atoms with E-state index in [2.05, 4.69) is 40.9 Å². The first-order chi connectivity index (χ1) is 7.63. The highest BCUT2D eigenvalue weighted by molar-refractivity contribution is 9.09. The van der Waals surface area contributed by atoms with Gasteiger partial charge in [0, 0.05) is 17.9 Å². The van der Waals surface area contributed by atoms with Crippen LogP contribution in [0.2, 0.25) is 0 Å². The standard InChI is InChI=1S/C13H23BrN2/c1-12(6-9-15)16(2)11-13(10-14)7-4-3-5-8-13/h12H,3-8,10-11H2,1-2H3. The number of alkyl halides is 1. The first kappa shape index (κ1) is 14.0. The van der Waals surface area contributed by atoms with Crippen LogP contribution in [-0.4, -0.2) is 29.9 Å². The van der Waals surface area contributed by atoms with Gasteiger partial charge in [0.05, 0.1) is 12.5 Å². The van der Waals surface area contributed by atoms with Crippen molar-refractivity contribution in [2.45, 2.75) is 51.5 Å². The maximum absolute atomic E-state index is 8.73. The Morgan fingerprint density at radius 3 is 2.50 bits per heavy atom. The number of halogens is 1. The average molecular weight is 287 g/mol. The van der Waals surface area contributed by atoms with E-state index >= 15 is 0 Å². The van der Waals surface area contributed by atoms with Crippen molar-refractivity contribution in [3.05, 3.63) is 0 Å². The molecule has 1 atom stereocenters. The maximum atomic E-state index is 8.73. The van der Waals surface area contributed by atoms with Gasteiger partial charge in [0.25, 0.3) is 0 Å². The van der Waals surface area contributed by atoms with E-state index in [1.54, 1.807) is 0 Å². The van der Waals surface area contributed by atoms with Crippen molar-refractivity contribution in [2.24, 2.45) is 5.41 Å². The van der Waals surface area contributed by atoms with Gasteiger partial charge in [-0.05, 0) is 32.2 Å². The molecule has 0 radical (unpaired) electrons. The fourth-order valence-corrected chi connectivity index (χ4v) is 3.35. The minimum atomic E-state index is 0.378. The molecule has 0 aliphatic heterocycles. The molecule has 1 fully saturated rings. The number of hydrogen-bond donors (Lipinski definition) is 0. The second-order valence-corrected chi connectivity index (χ2v) is 5.88. The quantitative estimate of drug-likeness (QED) is 0.723. The van der Waals surface area contributed by atoms with Gasteiger partial charge in [-0.2, -0.15) is 5.26 Å². The monoisotopic (exact) mass is 286 g/mol. The van der Waals surface area contributed by atoms with E-state index in [-0.39, 0.29) is 0 Å². The Balaban J connectivity index is 2.52. The summed E-state index contributed by atoms with van der Waals surface area (Å²) in [6.45, 7) is 3.27. The highest BCUT2D eigenvalue weighted by atomic mass is 79.9. The number of hydrogen-bond acceptors (Lipinski definition) is 2. The zero-order valence-corrected chi connectivity index (χ0v) is 12.1. The average Bonchev–Trinajstić information content (AvgIpc) is 2.30. The third kappa shape index (κ3) is 3.75. The molecule has 0 amide bonds. The van der Waals surface area contributed by atoms with Crippen LogP contribution in [0.15, 0.2) is 0 Å². The Bertz CT molecular complexity index is 241. The largest absolute Gasteiger partial charge is 0.302 e. The van der Waals surface area contributed by atoms with E-state index in [1.165, 1.54) is 32.1 Å². The fourth-order valence-electron chi connectivity index (χ4n) is 2.61. The van der Waals surface area contributed by atoms with Gasteiger partial charge in [0.15, 0.2) is 0 Å². The molecule has 0 saturated heterocycles. The summed E-state index contributed by atoms with van der Waals surface area (Å²) < 4.78 is 0. The molecule has 1 unspecified atom stereocenters. The molecule has 0 spiro atoms. The van der Waals surface area contributed by atoms with Crippen LogP contribution in [0, 0.1) is 16.7 Å². The van der Waals surface area contributed by atoms with Gasteiger partial charge in [-0.25, -0.2) is 0 Å². The van der Waals surface area contributed by atoms with Crippen molar-refractivity contribution in [1.29, 1.82) is 5.26 Å². The van der Waals surface area contributed by atoms with Crippen LogP contribution >= 0.6 is 15.9 Å². The molecule has 0 aromatic heterocycles. The van der Waals surface area contributed by atoms with E-state index in [9.17, 15) is 0 Å².